The summed E-state index contributed by atoms with van der Waals surface area (Å²) in [5, 5.41) is 0. The van der Waals surface area contributed by atoms with Gasteiger partial charge in [0.2, 0.25) is 5.95 Å². The number of nitrogens with zero attached hydrogens (tertiary/aromatic N) is 3. The van der Waals surface area contributed by atoms with E-state index in [0.29, 0.717) is 0 Å². The van der Waals surface area contributed by atoms with Crippen LogP contribution in [0, 0.1) is 6.92 Å². The van der Waals surface area contributed by atoms with E-state index in [2.05, 4.69) is 14.9 Å². The Hall–Kier alpha value is -1.20. The van der Waals surface area contributed by atoms with Crippen LogP contribution in [0.2, 0.25) is 0 Å². The molecule has 20 heavy (non-hydrogen) atoms. The zero-order valence-corrected chi connectivity index (χ0v) is 12.3. The second-order valence-electron chi connectivity index (χ2n) is 5.76. The first-order chi connectivity index (χ1) is 9.73. The molecule has 0 bridgehead atoms. The van der Waals surface area contributed by atoms with Crippen LogP contribution in [0.4, 0.5) is 5.95 Å². The average molecular weight is 277 g/mol. The molecule has 2 saturated heterocycles. The Kier molecular flexibility index (Phi) is 3.89. The van der Waals surface area contributed by atoms with Crippen molar-refractivity contribution >= 4 is 5.95 Å². The fraction of sp³-hybridized carbons (Fsp3) is 0.733. The van der Waals surface area contributed by atoms with E-state index in [0.717, 1.165) is 57.0 Å². The highest BCUT2D eigenvalue weighted by molar-refractivity contribution is 5.31. The molecule has 2 fully saturated rings. The Morgan fingerprint density at radius 1 is 1.40 bits per heavy atom. The third-order valence-electron chi connectivity index (χ3n) is 4.55. The average Bonchev–Trinajstić information content (AvgIpc) is 2.48. The normalized spacial score (nSPS) is 25.9. The van der Waals surface area contributed by atoms with Gasteiger partial charge >= 0.3 is 0 Å². The molecular formula is C15H23N3O2. The fourth-order valence-corrected chi connectivity index (χ4v) is 3.37. The van der Waals surface area contributed by atoms with Gasteiger partial charge in [-0.1, -0.05) is 0 Å². The molecule has 5 heteroatoms. The highest BCUT2D eigenvalue weighted by Crippen LogP contribution is 2.37. The van der Waals surface area contributed by atoms with Gasteiger partial charge in [0.15, 0.2) is 0 Å². The number of rotatable bonds is 2. The van der Waals surface area contributed by atoms with E-state index in [1.165, 1.54) is 0 Å². The van der Waals surface area contributed by atoms with Gasteiger partial charge in [0.05, 0.1) is 11.7 Å². The van der Waals surface area contributed by atoms with Crippen molar-refractivity contribution in [3.63, 3.8) is 0 Å². The summed E-state index contributed by atoms with van der Waals surface area (Å²) in [5.74, 6) is 0.838. The van der Waals surface area contributed by atoms with Gasteiger partial charge in [0.1, 0.15) is 0 Å². The highest BCUT2D eigenvalue weighted by Gasteiger charge is 2.45. The van der Waals surface area contributed by atoms with Crippen molar-refractivity contribution in [3.05, 3.63) is 18.0 Å². The van der Waals surface area contributed by atoms with Gasteiger partial charge in [-0.3, -0.25) is 0 Å². The quantitative estimate of drug-likeness (QED) is 0.827. The minimum atomic E-state index is -0.0900. The number of ether oxygens (including phenoxy) is 2. The smallest absolute Gasteiger partial charge is 0.225 e. The zero-order chi connectivity index (χ0) is 14.0. The maximum absolute atomic E-state index is 6.13. The molecule has 5 nitrogen and oxygen atoms in total. The predicted molar refractivity (Wildman–Crippen MR) is 76.9 cm³/mol. The number of aryl methyl sites for hydroxylation is 1. The van der Waals surface area contributed by atoms with E-state index in [1.54, 1.807) is 7.11 Å². The van der Waals surface area contributed by atoms with Crippen LogP contribution in [0.1, 0.15) is 31.4 Å². The molecule has 0 aliphatic carbocycles. The largest absolute Gasteiger partial charge is 0.378 e. The number of aromatic nitrogens is 2. The second-order valence-corrected chi connectivity index (χ2v) is 5.76. The Bertz CT molecular complexity index is 458. The maximum Gasteiger partial charge on any atom is 0.225 e. The number of methoxy groups -OCH3 is 1. The molecule has 1 atom stereocenters. The number of piperidine rings is 1. The first-order valence-electron chi connectivity index (χ1n) is 7.45. The summed E-state index contributed by atoms with van der Waals surface area (Å²) in [7, 11) is 1.80. The van der Waals surface area contributed by atoms with E-state index in [-0.39, 0.29) is 11.7 Å². The van der Waals surface area contributed by atoms with Gasteiger partial charge in [-0.15, -0.1) is 0 Å². The topological polar surface area (TPSA) is 47.5 Å². The summed E-state index contributed by atoms with van der Waals surface area (Å²) in [5.41, 5.74) is 0.923. The van der Waals surface area contributed by atoms with Crippen molar-refractivity contribution in [2.24, 2.45) is 0 Å². The molecule has 3 rings (SSSR count). The van der Waals surface area contributed by atoms with Crippen molar-refractivity contribution in [1.29, 1.82) is 0 Å². The standard InChI is InChI=1S/C15H23N3O2/c1-12-5-8-16-14(17-12)18-9-6-15(7-10-18)13(19-2)4-3-11-20-15/h5,8,13H,3-4,6-7,9-11H2,1-2H3/t13-/m0/s1. The van der Waals surface area contributed by atoms with Crippen molar-refractivity contribution in [2.75, 3.05) is 31.7 Å². The van der Waals surface area contributed by atoms with E-state index >= 15 is 0 Å². The van der Waals surface area contributed by atoms with Gasteiger partial charge in [-0.05, 0) is 38.7 Å². The van der Waals surface area contributed by atoms with Crippen LogP contribution < -0.4 is 4.90 Å². The van der Waals surface area contributed by atoms with Crippen LogP contribution in [0.15, 0.2) is 12.3 Å². The van der Waals surface area contributed by atoms with Crippen LogP contribution in [0.3, 0.4) is 0 Å². The molecule has 2 aliphatic heterocycles. The van der Waals surface area contributed by atoms with Crippen LogP contribution in [-0.4, -0.2) is 48.5 Å². The highest BCUT2D eigenvalue weighted by atomic mass is 16.5. The molecule has 2 aliphatic rings. The molecule has 110 valence electrons. The zero-order valence-electron chi connectivity index (χ0n) is 12.3. The summed E-state index contributed by atoms with van der Waals surface area (Å²) < 4.78 is 11.8. The summed E-state index contributed by atoms with van der Waals surface area (Å²) in [6.07, 6.45) is 6.25. The molecule has 0 unspecified atom stereocenters. The van der Waals surface area contributed by atoms with Gasteiger partial charge < -0.3 is 14.4 Å². The molecule has 0 amide bonds. The summed E-state index contributed by atoms with van der Waals surface area (Å²) in [6.45, 7) is 4.73. The molecule has 0 saturated carbocycles. The van der Waals surface area contributed by atoms with Crippen molar-refractivity contribution < 1.29 is 9.47 Å². The molecule has 1 spiro atoms. The van der Waals surface area contributed by atoms with Crippen molar-refractivity contribution in [1.82, 2.24) is 9.97 Å². The summed E-state index contributed by atoms with van der Waals surface area (Å²) >= 11 is 0. The Morgan fingerprint density at radius 2 is 2.20 bits per heavy atom. The number of hydrogen-bond acceptors (Lipinski definition) is 5. The SMILES string of the molecule is CO[C@H]1CCCOC12CCN(c1nccc(C)n1)CC2. The minimum Gasteiger partial charge on any atom is -0.378 e. The van der Waals surface area contributed by atoms with Crippen molar-refractivity contribution in [3.8, 4) is 0 Å². The van der Waals surface area contributed by atoms with Crippen LogP contribution in [-0.2, 0) is 9.47 Å². The van der Waals surface area contributed by atoms with E-state index in [9.17, 15) is 0 Å². The first-order valence-corrected chi connectivity index (χ1v) is 7.45. The molecular weight excluding hydrogens is 254 g/mol. The Labute approximate surface area is 120 Å². The molecule has 1 aromatic heterocycles. The van der Waals surface area contributed by atoms with E-state index in [4.69, 9.17) is 9.47 Å². The maximum atomic E-state index is 6.13. The van der Waals surface area contributed by atoms with Crippen LogP contribution >= 0.6 is 0 Å². The number of anilines is 1. The fourth-order valence-electron chi connectivity index (χ4n) is 3.37. The van der Waals surface area contributed by atoms with Gasteiger partial charge in [-0.25, -0.2) is 9.97 Å². The lowest BCUT2D eigenvalue weighted by atomic mass is 9.82. The Balaban J connectivity index is 1.69. The summed E-state index contributed by atoms with van der Waals surface area (Å²) in [6, 6.07) is 1.93. The van der Waals surface area contributed by atoms with E-state index in [1.807, 2.05) is 19.2 Å². The number of hydrogen-bond donors (Lipinski definition) is 0. The minimum absolute atomic E-state index is 0.0900. The lowest BCUT2D eigenvalue weighted by molar-refractivity contribution is -0.175. The van der Waals surface area contributed by atoms with Gasteiger partial charge in [-0.2, -0.15) is 0 Å². The van der Waals surface area contributed by atoms with Crippen LogP contribution in [0.5, 0.6) is 0 Å². The second kappa shape index (κ2) is 5.66. The first kappa shape index (κ1) is 13.8. The third-order valence-corrected chi connectivity index (χ3v) is 4.55. The third kappa shape index (κ3) is 2.52. The molecule has 0 aromatic carbocycles. The molecule has 1 aromatic rings. The van der Waals surface area contributed by atoms with Crippen molar-refractivity contribution in [2.45, 2.75) is 44.3 Å². The lowest BCUT2D eigenvalue weighted by Gasteiger charge is -2.48. The monoisotopic (exact) mass is 277 g/mol. The van der Waals surface area contributed by atoms with Gasteiger partial charge in [0.25, 0.3) is 0 Å². The van der Waals surface area contributed by atoms with E-state index < -0.39 is 0 Å². The predicted octanol–water partition coefficient (Wildman–Crippen LogP) is 1.95. The molecule has 0 radical (unpaired) electrons. The summed E-state index contributed by atoms with van der Waals surface area (Å²) in [4.78, 5) is 11.1. The Morgan fingerprint density at radius 3 is 2.90 bits per heavy atom. The van der Waals surface area contributed by atoms with Gasteiger partial charge in [0, 0.05) is 38.7 Å². The molecule has 3 heterocycles. The molecule has 0 N–H and O–H groups in total. The lowest BCUT2D eigenvalue weighted by Crippen LogP contribution is -2.56. The van der Waals surface area contributed by atoms with Crippen LogP contribution in [0.25, 0.3) is 0 Å².